The van der Waals surface area contributed by atoms with Crippen LogP contribution in [0.2, 0.25) is 0 Å². The van der Waals surface area contributed by atoms with Gasteiger partial charge in [-0.2, -0.15) is 0 Å². The number of imide groups is 1. The third-order valence-electron chi connectivity index (χ3n) is 14.9. The van der Waals surface area contributed by atoms with Crippen molar-refractivity contribution >= 4 is 45.4 Å². The van der Waals surface area contributed by atoms with Crippen molar-refractivity contribution < 1.29 is 23.9 Å². The van der Waals surface area contributed by atoms with Gasteiger partial charge in [0.1, 0.15) is 17.9 Å². The van der Waals surface area contributed by atoms with Gasteiger partial charge in [0.15, 0.2) is 0 Å². The zero-order valence-electron chi connectivity index (χ0n) is 39.8. The summed E-state index contributed by atoms with van der Waals surface area (Å²) in [5, 5.41) is 11.2. The molecule has 0 bridgehead atoms. The van der Waals surface area contributed by atoms with Gasteiger partial charge in [-0.25, -0.2) is 4.79 Å². The summed E-state index contributed by atoms with van der Waals surface area (Å²) in [5.41, 5.74) is 5.94. The number of nitrogens with one attached hydrogen (secondary N) is 3. The van der Waals surface area contributed by atoms with Crippen LogP contribution in [-0.4, -0.2) is 94.5 Å². The van der Waals surface area contributed by atoms with Crippen LogP contribution >= 0.6 is 0 Å². The summed E-state index contributed by atoms with van der Waals surface area (Å²) >= 11 is 0. The summed E-state index contributed by atoms with van der Waals surface area (Å²) < 4.78 is 9.35. The van der Waals surface area contributed by atoms with Crippen LogP contribution in [0.4, 0.5) is 0 Å². The molecule has 356 valence electrons. The van der Waals surface area contributed by atoms with Gasteiger partial charge in [0.05, 0.1) is 17.1 Å². The maximum Gasteiger partial charge on any atom is 0.329 e. The number of piperidine rings is 4. The third kappa shape index (κ3) is 10.4. The molecule has 4 aliphatic heterocycles. The van der Waals surface area contributed by atoms with Crippen molar-refractivity contribution in [3.8, 4) is 17.6 Å². The fourth-order valence-electron chi connectivity index (χ4n) is 10.8. The number of unbranched alkanes of at least 4 members (excludes halogenated alkanes) is 1. The van der Waals surface area contributed by atoms with Crippen LogP contribution in [0.3, 0.4) is 0 Å². The lowest BCUT2D eigenvalue weighted by Crippen LogP contribution is -2.44. The fourth-order valence-corrected chi connectivity index (χ4v) is 10.8. The molecule has 13 nitrogen and oxygen atoms in total. The highest BCUT2D eigenvalue weighted by Gasteiger charge is 2.32. The minimum Gasteiger partial charge on any atom is -0.490 e. The Labute approximate surface area is 399 Å². The van der Waals surface area contributed by atoms with E-state index in [-0.39, 0.29) is 47.9 Å². The first-order valence-electron chi connectivity index (χ1n) is 24.9. The van der Waals surface area contributed by atoms with Crippen molar-refractivity contribution in [3.63, 3.8) is 0 Å². The number of nitrogens with zero attached hydrogens (tertiary/aromatic N) is 4. The highest BCUT2D eigenvalue weighted by atomic mass is 16.5. The van der Waals surface area contributed by atoms with E-state index in [4.69, 9.17) is 4.74 Å². The first-order chi connectivity index (χ1) is 33.0. The van der Waals surface area contributed by atoms with Crippen molar-refractivity contribution in [2.24, 2.45) is 13.0 Å². The lowest BCUT2D eigenvalue weighted by atomic mass is 9.89. The molecular formula is C55H65N7O6. The van der Waals surface area contributed by atoms with E-state index in [2.05, 4.69) is 69.1 Å². The van der Waals surface area contributed by atoms with E-state index in [0.29, 0.717) is 42.9 Å². The highest BCUT2D eigenvalue weighted by molar-refractivity contribution is 6.00. The van der Waals surface area contributed by atoms with Crippen LogP contribution in [0.1, 0.15) is 128 Å². The Hall–Kier alpha value is -6.23. The average Bonchev–Trinajstić information content (AvgIpc) is 3.60. The second kappa shape index (κ2) is 21.0. The molecule has 2 atom stereocenters. The molecule has 4 aliphatic rings. The number of fused-ring (bicyclic) bond motifs is 2. The van der Waals surface area contributed by atoms with E-state index in [1.807, 2.05) is 55.1 Å². The van der Waals surface area contributed by atoms with Crippen LogP contribution in [0.15, 0.2) is 77.6 Å². The number of imidazole rings is 1. The molecule has 0 radical (unpaired) electrons. The molecule has 4 amide bonds. The molecule has 5 aromatic rings. The first kappa shape index (κ1) is 46.9. The summed E-state index contributed by atoms with van der Waals surface area (Å²) in [6.07, 6.45) is 8.80. The molecule has 9 rings (SSSR count). The molecule has 5 heterocycles. The Balaban J connectivity index is 0.713. The van der Waals surface area contributed by atoms with E-state index in [9.17, 15) is 24.0 Å². The lowest BCUT2D eigenvalue weighted by molar-refractivity contribution is -0.136. The Kier molecular flexibility index (Phi) is 14.4. The second-order valence-corrected chi connectivity index (χ2v) is 19.4. The number of carbonyl (C=O) groups excluding carboxylic acids is 4. The second-order valence-electron chi connectivity index (χ2n) is 19.4. The topological polar surface area (TPSA) is 147 Å². The number of aryl methyl sites for hydroxylation is 2. The Bertz CT molecular complexity index is 2810. The number of aromatic nitrogens is 2. The minimum absolute atomic E-state index is 0.112. The van der Waals surface area contributed by atoms with Crippen molar-refractivity contribution in [2.75, 3.05) is 45.8 Å². The molecule has 0 spiro atoms. The van der Waals surface area contributed by atoms with Crippen LogP contribution < -0.4 is 26.4 Å². The number of rotatable bonds is 12. The van der Waals surface area contributed by atoms with Crippen molar-refractivity contribution in [1.29, 1.82) is 0 Å². The van der Waals surface area contributed by atoms with E-state index < -0.39 is 11.9 Å². The Morgan fingerprint density at radius 1 is 0.838 bits per heavy atom. The molecule has 4 fully saturated rings. The largest absolute Gasteiger partial charge is 0.490 e. The monoisotopic (exact) mass is 919 g/mol. The van der Waals surface area contributed by atoms with Crippen molar-refractivity contribution in [1.82, 2.24) is 34.9 Å². The summed E-state index contributed by atoms with van der Waals surface area (Å²) in [6, 6.07) is 23.5. The molecule has 4 aromatic carbocycles. The average molecular weight is 920 g/mol. The standard InChI is InChI=1S/C55H65N7O6/c1-36-11-16-43(68-42-21-27-56-28-22-42)35-47(36)53(65)57-37(2)44-17-14-40(45-8-4-5-9-46(44)45)13-12-38-23-30-60(31-24-38)29-7-6-10-52(64)61-32-25-39(26-33-61)41-15-18-48-50(34-41)59(3)55(67)62(48)49-19-20-51(63)58-54(49)66/h4-5,8-9,11,14-18,34-35,37-39,42,49,56H,6-7,10,19-33H2,1-3H3,(H,57,65)(H,58,63,66)/t37-,49?/m1/s1. The van der Waals surface area contributed by atoms with Gasteiger partial charge in [0.2, 0.25) is 17.7 Å². The lowest BCUT2D eigenvalue weighted by Gasteiger charge is -2.32. The molecule has 0 saturated carbocycles. The normalized spacial score (nSPS) is 19.4. The van der Waals surface area contributed by atoms with E-state index in [1.54, 1.807) is 11.6 Å². The molecule has 4 saturated heterocycles. The maximum atomic E-state index is 13.6. The van der Waals surface area contributed by atoms with E-state index in [0.717, 1.165) is 128 Å². The first-order valence-corrected chi connectivity index (χ1v) is 24.9. The number of hydrogen-bond donors (Lipinski definition) is 3. The third-order valence-corrected chi connectivity index (χ3v) is 14.9. The zero-order valence-corrected chi connectivity index (χ0v) is 39.8. The summed E-state index contributed by atoms with van der Waals surface area (Å²) in [4.78, 5) is 69.0. The van der Waals surface area contributed by atoms with Crippen LogP contribution in [-0.2, 0) is 21.4 Å². The number of benzene rings is 4. The van der Waals surface area contributed by atoms with Crippen LogP contribution in [0, 0.1) is 24.7 Å². The smallest absolute Gasteiger partial charge is 0.329 e. The molecule has 13 heteroatoms. The number of carbonyl (C=O) groups is 4. The molecule has 3 N–H and O–H groups in total. The number of ether oxygens (including phenoxy) is 1. The van der Waals surface area contributed by atoms with Crippen LogP contribution in [0.5, 0.6) is 5.75 Å². The molecular weight excluding hydrogens is 855 g/mol. The molecule has 1 aromatic heterocycles. The SMILES string of the molecule is Cc1ccc(OC2CCNCC2)cc1C(=O)N[C@H](C)c1ccc(C#CC2CCN(CCCCC(=O)N3CCC(c4ccc5c(c4)n(C)c(=O)n5C4CCC(=O)NC4=O)CC3)CC2)c2ccccc12. The number of likely N-dealkylation sites (tertiary alicyclic amines) is 2. The number of amides is 4. The Morgan fingerprint density at radius 3 is 2.37 bits per heavy atom. The van der Waals surface area contributed by atoms with Gasteiger partial charge in [-0.3, -0.25) is 33.6 Å². The van der Waals surface area contributed by atoms with Gasteiger partial charge in [0, 0.05) is 50.0 Å². The van der Waals surface area contributed by atoms with Gasteiger partial charge < -0.3 is 25.2 Å². The summed E-state index contributed by atoms with van der Waals surface area (Å²) in [5.74, 6) is 7.87. The van der Waals surface area contributed by atoms with Gasteiger partial charge in [-0.15, -0.1) is 0 Å². The van der Waals surface area contributed by atoms with Crippen molar-refractivity contribution in [3.05, 3.63) is 111 Å². The van der Waals surface area contributed by atoms with Gasteiger partial charge in [-0.1, -0.05) is 54.3 Å². The van der Waals surface area contributed by atoms with Crippen molar-refractivity contribution in [2.45, 2.75) is 109 Å². The molecule has 68 heavy (non-hydrogen) atoms. The van der Waals surface area contributed by atoms with Gasteiger partial charge >= 0.3 is 5.69 Å². The zero-order chi connectivity index (χ0) is 47.3. The maximum absolute atomic E-state index is 13.6. The minimum atomic E-state index is -0.704. The van der Waals surface area contributed by atoms with E-state index in [1.165, 1.54) is 4.57 Å². The Morgan fingerprint density at radius 2 is 1.60 bits per heavy atom. The molecule has 0 aliphatic carbocycles. The predicted molar refractivity (Wildman–Crippen MR) is 265 cm³/mol. The highest BCUT2D eigenvalue weighted by Crippen LogP contribution is 2.33. The van der Waals surface area contributed by atoms with Gasteiger partial charge in [0.25, 0.3) is 5.91 Å². The quantitative estimate of drug-likeness (QED) is 0.0687. The summed E-state index contributed by atoms with van der Waals surface area (Å²) in [6.45, 7) is 10.3. The summed E-state index contributed by atoms with van der Waals surface area (Å²) in [7, 11) is 1.72. The molecule has 1 unspecified atom stereocenters. The van der Waals surface area contributed by atoms with E-state index >= 15 is 0 Å². The fraction of sp³-hybridized carbons (Fsp3) is 0.473. The van der Waals surface area contributed by atoms with Crippen LogP contribution in [0.25, 0.3) is 21.8 Å². The number of hydrogen-bond acceptors (Lipinski definition) is 8. The predicted octanol–water partition coefficient (Wildman–Crippen LogP) is 7.04. The van der Waals surface area contributed by atoms with Gasteiger partial charge in [-0.05, 0) is 168 Å².